The molecular formula is C17H31NO4SSi. The fraction of sp³-hybridized carbons (Fsp3) is 0.647. The highest BCUT2D eigenvalue weighted by molar-refractivity contribution is 7.89. The fourth-order valence-corrected chi connectivity index (χ4v) is 4.73. The molecule has 0 amide bonds. The number of benzene rings is 1. The molecule has 0 aliphatic carbocycles. The van der Waals surface area contributed by atoms with Crippen LogP contribution in [0, 0.1) is 6.92 Å². The van der Waals surface area contributed by atoms with Gasteiger partial charge in [0.25, 0.3) is 0 Å². The van der Waals surface area contributed by atoms with Crippen LogP contribution in [0.4, 0.5) is 0 Å². The number of hydrogen-bond acceptors (Lipinski definition) is 4. The van der Waals surface area contributed by atoms with Gasteiger partial charge >= 0.3 is 0 Å². The minimum Gasteiger partial charge on any atom is -0.413 e. The van der Waals surface area contributed by atoms with Gasteiger partial charge in [0.15, 0.2) is 8.32 Å². The third kappa shape index (κ3) is 5.39. The third-order valence-corrected chi connectivity index (χ3v) is 10.8. The second-order valence-corrected chi connectivity index (χ2v) is 14.3. The van der Waals surface area contributed by atoms with Crippen molar-refractivity contribution in [3.63, 3.8) is 0 Å². The number of sulfonamides is 1. The van der Waals surface area contributed by atoms with Crippen LogP contribution in [0.1, 0.15) is 33.3 Å². The number of aliphatic hydroxyl groups excluding tert-OH is 1. The van der Waals surface area contributed by atoms with Crippen molar-refractivity contribution in [3.05, 3.63) is 29.8 Å². The maximum Gasteiger partial charge on any atom is 0.240 e. The number of aryl methyl sites for hydroxylation is 1. The minimum absolute atomic E-state index is 0.0110. The Hall–Kier alpha value is -0.733. The van der Waals surface area contributed by atoms with E-state index < -0.39 is 30.5 Å². The van der Waals surface area contributed by atoms with Crippen molar-refractivity contribution in [2.24, 2.45) is 0 Å². The van der Waals surface area contributed by atoms with Gasteiger partial charge in [-0.05, 0) is 44.1 Å². The molecule has 24 heavy (non-hydrogen) atoms. The minimum atomic E-state index is -3.70. The number of hydrogen-bond donors (Lipinski definition) is 2. The Kier molecular flexibility index (Phi) is 6.80. The molecule has 1 aromatic rings. The zero-order valence-corrected chi connectivity index (χ0v) is 17.6. The summed E-state index contributed by atoms with van der Waals surface area (Å²) in [5, 5.41) is 9.67. The Labute approximate surface area is 147 Å². The lowest BCUT2D eigenvalue weighted by Gasteiger charge is -2.40. The molecule has 0 saturated carbocycles. The Bertz CT molecular complexity index is 636. The first-order valence-electron chi connectivity index (χ1n) is 8.18. The van der Waals surface area contributed by atoms with Gasteiger partial charge in [-0.1, -0.05) is 38.5 Å². The van der Waals surface area contributed by atoms with Gasteiger partial charge in [-0.3, -0.25) is 0 Å². The highest BCUT2D eigenvalue weighted by Gasteiger charge is 2.40. The molecule has 0 radical (unpaired) electrons. The van der Waals surface area contributed by atoms with Crippen molar-refractivity contribution < 1.29 is 18.0 Å². The fourth-order valence-electron chi connectivity index (χ4n) is 1.99. The summed E-state index contributed by atoms with van der Waals surface area (Å²) in [5.41, 5.74) is 0.988. The highest BCUT2D eigenvalue weighted by atomic mass is 32.2. The Balaban J connectivity index is 2.92. The van der Waals surface area contributed by atoms with Crippen LogP contribution < -0.4 is 4.72 Å². The van der Waals surface area contributed by atoms with E-state index in [4.69, 9.17) is 4.43 Å². The van der Waals surface area contributed by atoms with Crippen molar-refractivity contribution in [2.75, 3.05) is 6.61 Å². The molecule has 0 heterocycles. The van der Waals surface area contributed by atoms with Gasteiger partial charge in [-0.25, -0.2) is 13.1 Å². The number of rotatable bonds is 7. The van der Waals surface area contributed by atoms with Crippen LogP contribution in [0.25, 0.3) is 0 Å². The van der Waals surface area contributed by atoms with Gasteiger partial charge in [0, 0.05) is 0 Å². The molecule has 0 fully saturated rings. The Morgan fingerprint density at radius 3 is 2.12 bits per heavy atom. The normalized spacial score (nSPS) is 16.0. The molecule has 0 bridgehead atoms. The maximum absolute atomic E-state index is 12.5. The lowest BCUT2D eigenvalue weighted by Crippen LogP contribution is -2.52. The molecule has 5 nitrogen and oxygen atoms in total. The molecule has 0 spiro atoms. The summed E-state index contributed by atoms with van der Waals surface area (Å²) in [6.07, 6.45) is -0.420. The molecule has 0 saturated heterocycles. The van der Waals surface area contributed by atoms with Crippen LogP contribution in [-0.4, -0.2) is 40.6 Å². The summed E-state index contributed by atoms with van der Waals surface area (Å²) >= 11 is 0. The third-order valence-electron chi connectivity index (χ3n) is 4.69. The maximum atomic E-state index is 12.5. The second kappa shape index (κ2) is 7.66. The van der Waals surface area contributed by atoms with E-state index in [9.17, 15) is 13.5 Å². The van der Waals surface area contributed by atoms with E-state index in [0.29, 0.717) is 0 Å². The van der Waals surface area contributed by atoms with Crippen molar-refractivity contribution in [3.8, 4) is 0 Å². The predicted molar refractivity (Wildman–Crippen MR) is 100 cm³/mol. The predicted octanol–water partition coefficient (Wildman–Crippen LogP) is 3.04. The molecule has 1 rings (SSSR count). The molecule has 0 aliphatic rings. The quantitative estimate of drug-likeness (QED) is 0.720. The zero-order chi connectivity index (χ0) is 18.8. The summed E-state index contributed by atoms with van der Waals surface area (Å²) in [7, 11) is -5.75. The van der Waals surface area contributed by atoms with Crippen LogP contribution in [0.5, 0.6) is 0 Å². The van der Waals surface area contributed by atoms with Crippen molar-refractivity contribution in [2.45, 2.75) is 69.8 Å². The monoisotopic (exact) mass is 373 g/mol. The molecule has 1 aromatic carbocycles. The molecule has 0 unspecified atom stereocenters. The first kappa shape index (κ1) is 21.3. The average molecular weight is 374 g/mol. The second-order valence-electron chi connectivity index (χ2n) is 7.81. The van der Waals surface area contributed by atoms with Crippen LogP contribution >= 0.6 is 0 Å². The van der Waals surface area contributed by atoms with E-state index in [2.05, 4.69) is 38.6 Å². The number of nitrogens with one attached hydrogen (secondary N) is 1. The van der Waals surface area contributed by atoms with Gasteiger partial charge in [0.2, 0.25) is 10.0 Å². The van der Waals surface area contributed by atoms with Gasteiger partial charge in [0.1, 0.15) is 0 Å². The van der Waals surface area contributed by atoms with Gasteiger partial charge < -0.3 is 9.53 Å². The molecule has 2 N–H and O–H groups in total. The van der Waals surface area contributed by atoms with Crippen LogP contribution in [0.2, 0.25) is 18.1 Å². The van der Waals surface area contributed by atoms with Crippen molar-refractivity contribution in [1.82, 2.24) is 4.72 Å². The topological polar surface area (TPSA) is 75.6 Å². The lowest BCUT2D eigenvalue weighted by atomic mass is 10.2. The van der Waals surface area contributed by atoms with E-state index in [1.807, 2.05) is 6.92 Å². The Morgan fingerprint density at radius 1 is 1.21 bits per heavy atom. The van der Waals surface area contributed by atoms with Crippen molar-refractivity contribution in [1.29, 1.82) is 0 Å². The highest BCUT2D eigenvalue weighted by Crippen LogP contribution is 2.37. The first-order chi connectivity index (χ1) is 10.8. The lowest BCUT2D eigenvalue weighted by molar-refractivity contribution is 0.122. The van der Waals surface area contributed by atoms with Crippen LogP contribution in [0.3, 0.4) is 0 Å². The van der Waals surface area contributed by atoms with Gasteiger partial charge in [0.05, 0.1) is 23.6 Å². The summed E-state index contributed by atoms with van der Waals surface area (Å²) < 4.78 is 33.8. The molecule has 0 aromatic heterocycles. The summed E-state index contributed by atoms with van der Waals surface area (Å²) in [4.78, 5) is 0.186. The van der Waals surface area contributed by atoms with E-state index in [0.717, 1.165) is 5.56 Å². The zero-order valence-electron chi connectivity index (χ0n) is 15.8. The van der Waals surface area contributed by atoms with Crippen molar-refractivity contribution >= 4 is 18.3 Å². The van der Waals surface area contributed by atoms with Gasteiger partial charge in [-0.2, -0.15) is 0 Å². The van der Waals surface area contributed by atoms with Crippen LogP contribution in [-0.2, 0) is 14.4 Å². The van der Waals surface area contributed by atoms with E-state index >= 15 is 0 Å². The molecule has 0 aliphatic heterocycles. The SMILES string of the molecule is Cc1ccc(S(=O)(=O)N[C@H](CO)[C@@H](C)O[Si](C)(C)C(C)(C)C)cc1. The first-order valence-corrected chi connectivity index (χ1v) is 12.6. The Morgan fingerprint density at radius 2 is 1.71 bits per heavy atom. The summed E-state index contributed by atoms with van der Waals surface area (Å²) in [5.74, 6) is 0. The number of aliphatic hydroxyl groups is 1. The van der Waals surface area contributed by atoms with E-state index in [1.54, 1.807) is 31.2 Å². The van der Waals surface area contributed by atoms with E-state index in [-0.39, 0.29) is 16.5 Å². The molecule has 2 atom stereocenters. The van der Waals surface area contributed by atoms with Crippen LogP contribution in [0.15, 0.2) is 29.2 Å². The summed E-state index contributed by atoms with van der Waals surface area (Å²) in [6.45, 7) is 14.0. The average Bonchev–Trinajstić information content (AvgIpc) is 2.43. The largest absolute Gasteiger partial charge is 0.413 e. The standard InChI is InChI=1S/C17H31NO4SSi/c1-13-8-10-15(11-9-13)23(20,21)18-16(12-19)14(2)22-24(6,7)17(3,4)5/h8-11,14,16,18-19H,12H2,1-7H3/t14-,16-/m1/s1. The smallest absolute Gasteiger partial charge is 0.240 e. The molecule has 138 valence electrons. The molecule has 7 heteroatoms. The molecular weight excluding hydrogens is 342 g/mol. The summed E-state index contributed by atoms with van der Waals surface area (Å²) in [6, 6.07) is 5.93. The van der Waals surface area contributed by atoms with E-state index in [1.165, 1.54) is 0 Å². The van der Waals surface area contributed by atoms with Gasteiger partial charge in [-0.15, -0.1) is 0 Å².